The smallest absolute Gasteiger partial charge is 0.173 e. The van der Waals surface area contributed by atoms with Gasteiger partial charge in [-0.3, -0.25) is 4.79 Å². The zero-order valence-electron chi connectivity index (χ0n) is 13.8. The third kappa shape index (κ3) is 3.66. The fraction of sp³-hybridized carbons (Fsp3) is 0.0476. The van der Waals surface area contributed by atoms with Crippen molar-refractivity contribution in [3.8, 4) is 11.1 Å². The summed E-state index contributed by atoms with van der Waals surface area (Å²) in [6, 6.07) is 23.3. The molecular formula is C21H15ClN2OS. The van der Waals surface area contributed by atoms with Gasteiger partial charge in [-0.25, -0.2) is 4.98 Å². The Labute approximate surface area is 160 Å². The number of aromatic nitrogens is 2. The molecule has 3 nitrogen and oxygen atoms in total. The van der Waals surface area contributed by atoms with Crippen molar-refractivity contribution < 1.29 is 4.79 Å². The summed E-state index contributed by atoms with van der Waals surface area (Å²) in [6.45, 7) is 0. The van der Waals surface area contributed by atoms with Crippen LogP contribution in [-0.4, -0.2) is 21.5 Å². The van der Waals surface area contributed by atoms with Crippen LogP contribution in [0, 0.1) is 0 Å². The van der Waals surface area contributed by atoms with Gasteiger partial charge >= 0.3 is 0 Å². The van der Waals surface area contributed by atoms with E-state index in [4.69, 9.17) is 11.6 Å². The molecule has 0 spiro atoms. The van der Waals surface area contributed by atoms with Crippen molar-refractivity contribution in [2.75, 3.05) is 5.75 Å². The number of aromatic amines is 1. The van der Waals surface area contributed by atoms with E-state index >= 15 is 0 Å². The second-order valence-electron chi connectivity index (χ2n) is 5.86. The van der Waals surface area contributed by atoms with Gasteiger partial charge in [0.2, 0.25) is 0 Å². The highest BCUT2D eigenvalue weighted by Gasteiger charge is 2.10. The molecule has 0 atom stereocenters. The second kappa shape index (κ2) is 7.36. The fourth-order valence-electron chi connectivity index (χ4n) is 2.72. The van der Waals surface area contributed by atoms with Crippen LogP contribution in [0.25, 0.3) is 22.2 Å². The van der Waals surface area contributed by atoms with Crippen LogP contribution in [0.15, 0.2) is 78.0 Å². The van der Waals surface area contributed by atoms with Gasteiger partial charge in [-0.05, 0) is 29.3 Å². The SMILES string of the molecule is O=C(CSc1nc2ccc(Cl)cc2[nH]1)c1ccc(-c2ccccc2)cc1. The average molecular weight is 379 g/mol. The summed E-state index contributed by atoms with van der Waals surface area (Å²) in [5, 5.41) is 1.38. The monoisotopic (exact) mass is 378 g/mol. The summed E-state index contributed by atoms with van der Waals surface area (Å²) >= 11 is 7.38. The van der Waals surface area contributed by atoms with Crippen LogP contribution in [0.1, 0.15) is 10.4 Å². The van der Waals surface area contributed by atoms with Crippen LogP contribution in [0.3, 0.4) is 0 Å². The highest BCUT2D eigenvalue weighted by atomic mass is 35.5. The molecule has 0 bridgehead atoms. The second-order valence-corrected chi connectivity index (χ2v) is 7.26. The summed E-state index contributed by atoms with van der Waals surface area (Å²) in [4.78, 5) is 20.1. The van der Waals surface area contributed by atoms with Crippen molar-refractivity contribution in [1.29, 1.82) is 0 Å². The minimum atomic E-state index is 0.0769. The number of imidazole rings is 1. The van der Waals surface area contributed by atoms with Crippen molar-refractivity contribution in [3.05, 3.63) is 83.4 Å². The molecule has 0 aliphatic rings. The van der Waals surface area contributed by atoms with E-state index in [2.05, 4.69) is 22.1 Å². The minimum Gasteiger partial charge on any atom is -0.333 e. The predicted octanol–water partition coefficient (Wildman–Crippen LogP) is 5.86. The number of carbonyl (C=O) groups is 1. The highest BCUT2D eigenvalue weighted by molar-refractivity contribution is 7.99. The molecule has 128 valence electrons. The topological polar surface area (TPSA) is 45.8 Å². The number of hydrogen-bond donors (Lipinski definition) is 1. The number of thioether (sulfide) groups is 1. The minimum absolute atomic E-state index is 0.0769. The van der Waals surface area contributed by atoms with Crippen molar-refractivity contribution in [2.45, 2.75) is 5.16 Å². The molecular weight excluding hydrogens is 364 g/mol. The molecule has 4 aromatic rings. The number of ketones is 1. The number of H-pyrrole nitrogens is 1. The number of carbonyl (C=O) groups excluding carboxylic acids is 1. The van der Waals surface area contributed by atoms with Crippen LogP contribution in [0.5, 0.6) is 0 Å². The summed E-state index contributed by atoms with van der Waals surface area (Å²) in [5.41, 5.74) is 4.67. The average Bonchev–Trinajstić information content (AvgIpc) is 3.09. The quantitative estimate of drug-likeness (QED) is 0.349. The number of Topliss-reactive ketones (excluding diaryl/α,β-unsaturated/α-hetero) is 1. The van der Waals surface area contributed by atoms with Crippen molar-refractivity contribution in [2.24, 2.45) is 0 Å². The van der Waals surface area contributed by atoms with E-state index in [1.807, 2.05) is 54.6 Å². The lowest BCUT2D eigenvalue weighted by Gasteiger charge is -2.03. The molecule has 0 aliphatic carbocycles. The van der Waals surface area contributed by atoms with E-state index in [1.165, 1.54) is 11.8 Å². The van der Waals surface area contributed by atoms with Gasteiger partial charge in [-0.1, -0.05) is 78.0 Å². The first-order chi connectivity index (χ1) is 12.7. The highest BCUT2D eigenvalue weighted by Crippen LogP contribution is 2.24. The number of benzene rings is 3. The van der Waals surface area contributed by atoms with Gasteiger partial charge in [0.15, 0.2) is 10.9 Å². The van der Waals surface area contributed by atoms with Crippen LogP contribution >= 0.6 is 23.4 Å². The standard InChI is InChI=1S/C21H15ClN2OS/c22-17-10-11-18-19(12-17)24-21(23-18)26-13-20(25)16-8-6-15(7-9-16)14-4-2-1-3-5-14/h1-12H,13H2,(H,23,24). The number of hydrogen-bond acceptors (Lipinski definition) is 3. The molecule has 0 saturated heterocycles. The van der Waals surface area contributed by atoms with E-state index in [0.717, 1.165) is 27.3 Å². The van der Waals surface area contributed by atoms with Gasteiger partial charge < -0.3 is 4.98 Å². The van der Waals surface area contributed by atoms with Crippen molar-refractivity contribution in [3.63, 3.8) is 0 Å². The van der Waals surface area contributed by atoms with E-state index in [0.29, 0.717) is 16.3 Å². The Morgan fingerprint density at radius 2 is 1.69 bits per heavy atom. The van der Waals surface area contributed by atoms with Crippen molar-refractivity contribution >= 4 is 40.2 Å². The third-order valence-electron chi connectivity index (χ3n) is 4.08. The normalized spacial score (nSPS) is 11.0. The summed E-state index contributed by atoms with van der Waals surface area (Å²) < 4.78 is 0. The lowest BCUT2D eigenvalue weighted by Crippen LogP contribution is -2.02. The first-order valence-corrected chi connectivity index (χ1v) is 9.52. The Kier molecular flexibility index (Phi) is 4.78. The summed E-state index contributed by atoms with van der Waals surface area (Å²) in [7, 11) is 0. The zero-order chi connectivity index (χ0) is 17.9. The molecule has 26 heavy (non-hydrogen) atoms. The lowest BCUT2D eigenvalue weighted by molar-refractivity contribution is 0.102. The van der Waals surface area contributed by atoms with Crippen LogP contribution in [-0.2, 0) is 0 Å². The first kappa shape index (κ1) is 16.9. The Bertz CT molecular complexity index is 1060. The maximum absolute atomic E-state index is 12.5. The van der Waals surface area contributed by atoms with Gasteiger partial charge in [-0.2, -0.15) is 0 Å². The summed E-state index contributed by atoms with van der Waals surface area (Å²) in [6.07, 6.45) is 0. The van der Waals surface area contributed by atoms with E-state index in [-0.39, 0.29) is 5.78 Å². The molecule has 1 heterocycles. The maximum atomic E-state index is 12.5. The molecule has 5 heteroatoms. The van der Waals surface area contributed by atoms with Gasteiger partial charge in [0.1, 0.15) is 0 Å². The molecule has 1 aromatic heterocycles. The number of nitrogens with one attached hydrogen (secondary N) is 1. The number of rotatable bonds is 5. The molecule has 0 aliphatic heterocycles. The van der Waals surface area contributed by atoms with E-state index in [9.17, 15) is 4.79 Å². The third-order valence-corrected chi connectivity index (χ3v) is 5.18. The molecule has 0 radical (unpaired) electrons. The molecule has 0 saturated carbocycles. The molecule has 0 fully saturated rings. The number of fused-ring (bicyclic) bond motifs is 1. The van der Waals surface area contributed by atoms with Gasteiger partial charge in [0, 0.05) is 10.6 Å². The largest absolute Gasteiger partial charge is 0.333 e. The van der Waals surface area contributed by atoms with Gasteiger partial charge in [-0.15, -0.1) is 0 Å². The number of halogens is 1. The van der Waals surface area contributed by atoms with Gasteiger partial charge in [0.25, 0.3) is 0 Å². The molecule has 4 rings (SSSR count). The zero-order valence-corrected chi connectivity index (χ0v) is 15.3. The molecule has 0 unspecified atom stereocenters. The Hall–Kier alpha value is -2.56. The molecule has 3 aromatic carbocycles. The number of nitrogens with zero attached hydrogens (tertiary/aromatic N) is 1. The van der Waals surface area contributed by atoms with Crippen molar-refractivity contribution in [1.82, 2.24) is 9.97 Å². The fourth-order valence-corrected chi connectivity index (χ4v) is 3.67. The van der Waals surface area contributed by atoms with Gasteiger partial charge in [0.05, 0.1) is 16.8 Å². The Balaban J connectivity index is 1.44. The molecule has 1 N–H and O–H groups in total. The van der Waals surface area contributed by atoms with Crippen LogP contribution in [0.4, 0.5) is 0 Å². The predicted molar refractivity (Wildman–Crippen MR) is 108 cm³/mol. The Morgan fingerprint density at radius 1 is 0.962 bits per heavy atom. The lowest BCUT2D eigenvalue weighted by atomic mass is 10.0. The summed E-state index contributed by atoms with van der Waals surface area (Å²) in [5.74, 6) is 0.409. The van der Waals surface area contributed by atoms with E-state index in [1.54, 1.807) is 6.07 Å². The molecule has 0 amide bonds. The Morgan fingerprint density at radius 3 is 2.46 bits per heavy atom. The first-order valence-electron chi connectivity index (χ1n) is 8.16. The van der Waals surface area contributed by atoms with E-state index < -0.39 is 0 Å². The maximum Gasteiger partial charge on any atom is 0.173 e. The van der Waals surface area contributed by atoms with Crippen LogP contribution in [0.2, 0.25) is 5.02 Å². The van der Waals surface area contributed by atoms with Crippen LogP contribution < -0.4 is 0 Å².